The fraction of sp³-hybridized carbons (Fsp3) is 0.917. The maximum atomic E-state index is 11.6. The third kappa shape index (κ3) is 1.89. The summed E-state index contributed by atoms with van der Waals surface area (Å²) in [4.78, 5) is 11.6. The average Bonchev–Trinajstić information content (AvgIpc) is 2.17. The minimum atomic E-state index is -0.659. The van der Waals surface area contributed by atoms with Gasteiger partial charge in [0.25, 0.3) is 0 Å². The van der Waals surface area contributed by atoms with E-state index < -0.39 is 5.54 Å². The number of carbonyl (C=O) groups excluding carboxylic acids is 1. The zero-order chi connectivity index (χ0) is 10.9. The molecular weight excluding hydrogens is 190 g/mol. The van der Waals surface area contributed by atoms with Crippen molar-refractivity contribution in [1.29, 1.82) is 0 Å². The van der Waals surface area contributed by atoms with Gasteiger partial charge < -0.3 is 10.5 Å². The van der Waals surface area contributed by atoms with E-state index in [1.165, 1.54) is 32.1 Å². The van der Waals surface area contributed by atoms with Crippen molar-refractivity contribution in [3.05, 3.63) is 0 Å². The van der Waals surface area contributed by atoms with Gasteiger partial charge >= 0.3 is 5.97 Å². The molecule has 0 unspecified atom stereocenters. The highest BCUT2D eigenvalue weighted by Gasteiger charge is 2.57. The summed E-state index contributed by atoms with van der Waals surface area (Å²) in [5.74, 6) is -0.193. The lowest BCUT2D eigenvalue weighted by Crippen LogP contribution is -2.63. The Morgan fingerprint density at radius 2 is 1.87 bits per heavy atom. The van der Waals surface area contributed by atoms with Crippen LogP contribution in [0.1, 0.15) is 51.9 Å². The van der Waals surface area contributed by atoms with Crippen molar-refractivity contribution in [1.82, 2.24) is 0 Å². The van der Waals surface area contributed by atoms with E-state index in [0.717, 1.165) is 12.8 Å². The van der Waals surface area contributed by atoms with E-state index in [1.807, 2.05) is 6.92 Å². The Kier molecular flexibility index (Phi) is 2.75. The molecule has 1 spiro atoms. The Morgan fingerprint density at radius 1 is 1.27 bits per heavy atom. The highest BCUT2D eigenvalue weighted by atomic mass is 16.5. The Morgan fingerprint density at radius 3 is 2.40 bits per heavy atom. The summed E-state index contributed by atoms with van der Waals surface area (Å²) < 4.78 is 5.02. The average molecular weight is 211 g/mol. The zero-order valence-corrected chi connectivity index (χ0v) is 9.55. The molecule has 0 heterocycles. The molecule has 86 valence electrons. The molecule has 2 rings (SSSR count). The summed E-state index contributed by atoms with van der Waals surface area (Å²) in [6.07, 6.45) is 8.16. The lowest BCUT2D eigenvalue weighted by Gasteiger charge is -2.54. The molecule has 0 bridgehead atoms. The Balaban J connectivity index is 1.92. The van der Waals surface area contributed by atoms with Crippen LogP contribution in [0.15, 0.2) is 0 Å². The smallest absolute Gasteiger partial charge is 0.326 e. The lowest BCUT2D eigenvalue weighted by atomic mass is 9.52. The van der Waals surface area contributed by atoms with Crippen molar-refractivity contribution in [3.8, 4) is 0 Å². The van der Waals surface area contributed by atoms with Crippen molar-refractivity contribution in [3.63, 3.8) is 0 Å². The van der Waals surface area contributed by atoms with Crippen LogP contribution in [0.4, 0.5) is 0 Å². The molecule has 0 aromatic rings. The predicted octanol–water partition coefficient (Wildman–Crippen LogP) is 1.99. The molecule has 0 amide bonds. The second kappa shape index (κ2) is 3.78. The minimum Gasteiger partial charge on any atom is -0.465 e. The lowest BCUT2D eigenvalue weighted by molar-refractivity contribution is -0.161. The second-order valence-corrected chi connectivity index (χ2v) is 5.29. The Hall–Kier alpha value is -0.570. The molecule has 2 aliphatic carbocycles. The number of esters is 1. The van der Waals surface area contributed by atoms with Crippen LogP contribution in [0.25, 0.3) is 0 Å². The summed E-state index contributed by atoms with van der Waals surface area (Å²) in [5, 5.41) is 0. The zero-order valence-electron chi connectivity index (χ0n) is 9.55. The van der Waals surface area contributed by atoms with Crippen LogP contribution >= 0.6 is 0 Å². The molecule has 3 nitrogen and oxygen atoms in total. The van der Waals surface area contributed by atoms with Gasteiger partial charge in [-0.05, 0) is 38.0 Å². The molecule has 2 saturated carbocycles. The summed E-state index contributed by atoms with van der Waals surface area (Å²) in [6.45, 7) is 2.26. The molecule has 3 heteroatoms. The van der Waals surface area contributed by atoms with Crippen LogP contribution < -0.4 is 5.73 Å². The number of nitrogens with two attached hydrogens (primary N) is 1. The Bertz CT molecular complexity index is 248. The van der Waals surface area contributed by atoms with Gasteiger partial charge in [0, 0.05) is 0 Å². The first-order valence-corrected chi connectivity index (χ1v) is 6.06. The molecular formula is C12H21NO2. The minimum absolute atomic E-state index is 0.193. The molecule has 0 radical (unpaired) electrons. The van der Waals surface area contributed by atoms with E-state index in [2.05, 4.69) is 0 Å². The number of ether oxygens (including phenoxy) is 1. The van der Waals surface area contributed by atoms with Gasteiger partial charge in [-0.3, -0.25) is 4.79 Å². The maximum Gasteiger partial charge on any atom is 0.326 e. The summed E-state index contributed by atoms with van der Waals surface area (Å²) in [6, 6.07) is 0. The molecule has 15 heavy (non-hydrogen) atoms. The first-order chi connectivity index (χ1) is 7.10. The van der Waals surface area contributed by atoms with Crippen LogP contribution in [-0.4, -0.2) is 18.1 Å². The first-order valence-electron chi connectivity index (χ1n) is 6.06. The van der Waals surface area contributed by atoms with Crippen molar-refractivity contribution >= 4 is 5.97 Å². The molecule has 0 saturated heterocycles. The maximum absolute atomic E-state index is 11.6. The van der Waals surface area contributed by atoms with E-state index in [9.17, 15) is 4.79 Å². The van der Waals surface area contributed by atoms with E-state index in [1.54, 1.807) is 0 Å². The quantitative estimate of drug-likeness (QED) is 0.711. The standard InChI is InChI=1S/C12H21NO2/c1-2-15-10(14)12(13)8-11(9-12)6-4-3-5-7-11/h2-9,13H2,1H3. The van der Waals surface area contributed by atoms with Crippen molar-refractivity contribution in [2.75, 3.05) is 6.61 Å². The van der Waals surface area contributed by atoms with Gasteiger partial charge in [0.1, 0.15) is 5.54 Å². The van der Waals surface area contributed by atoms with Gasteiger partial charge in [-0.25, -0.2) is 0 Å². The highest BCUT2D eigenvalue weighted by molar-refractivity contribution is 5.82. The van der Waals surface area contributed by atoms with Gasteiger partial charge in [-0.2, -0.15) is 0 Å². The summed E-state index contributed by atoms with van der Waals surface area (Å²) >= 11 is 0. The number of hydrogen-bond acceptors (Lipinski definition) is 3. The van der Waals surface area contributed by atoms with Gasteiger partial charge in [-0.1, -0.05) is 19.3 Å². The second-order valence-electron chi connectivity index (χ2n) is 5.29. The third-order valence-electron chi connectivity index (χ3n) is 3.98. The van der Waals surface area contributed by atoms with Gasteiger partial charge in [-0.15, -0.1) is 0 Å². The summed E-state index contributed by atoms with van der Waals surface area (Å²) in [5.41, 5.74) is 5.79. The number of rotatable bonds is 2. The van der Waals surface area contributed by atoms with Crippen molar-refractivity contribution in [2.24, 2.45) is 11.1 Å². The van der Waals surface area contributed by atoms with Gasteiger partial charge in [0.2, 0.25) is 0 Å². The SMILES string of the molecule is CCOC(=O)C1(N)CC2(CCCCC2)C1. The molecule has 2 N–H and O–H groups in total. The normalized spacial score (nSPS) is 27.1. The predicted molar refractivity (Wildman–Crippen MR) is 58.3 cm³/mol. The molecule has 2 fully saturated rings. The topological polar surface area (TPSA) is 52.3 Å². The number of hydrogen-bond donors (Lipinski definition) is 1. The van der Waals surface area contributed by atoms with E-state index >= 15 is 0 Å². The van der Waals surface area contributed by atoms with Crippen LogP contribution in [-0.2, 0) is 9.53 Å². The molecule has 0 aromatic heterocycles. The summed E-state index contributed by atoms with van der Waals surface area (Å²) in [7, 11) is 0. The van der Waals surface area contributed by atoms with Crippen LogP contribution in [0.2, 0.25) is 0 Å². The molecule has 2 aliphatic rings. The van der Waals surface area contributed by atoms with Crippen LogP contribution in [0.3, 0.4) is 0 Å². The third-order valence-corrected chi connectivity index (χ3v) is 3.98. The van der Waals surface area contributed by atoms with E-state index in [-0.39, 0.29) is 5.97 Å². The van der Waals surface area contributed by atoms with E-state index in [0.29, 0.717) is 12.0 Å². The largest absolute Gasteiger partial charge is 0.465 e. The van der Waals surface area contributed by atoms with Crippen LogP contribution in [0.5, 0.6) is 0 Å². The fourth-order valence-corrected chi connectivity index (χ4v) is 3.36. The first kappa shape index (κ1) is 10.9. The monoisotopic (exact) mass is 211 g/mol. The van der Waals surface area contributed by atoms with Gasteiger partial charge in [0.15, 0.2) is 0 Å². The molecule has 0 aliphatic heterocycles. The highest BCUT2D eigenvalue weighted by Crippen LogP contribution is 2.55. The van der Waals surface area contributed by atoms with Crippen molar-refractivity contribution in [2.45, 2.75) is 57.4 Å². The van der Waals surface area contributed by atoms with Crippen molar-refractivity contribution < 1.29 is 9.53 Å². The molecule has 0 atom stereocenters. The van der Waals surface area contributed by atoms with Gasteiger partial charge in [0.05, 0.1) is 6.61 Å². The van der Waals surface area contributed by atoms with Crippen LogP contribution in [0, 0.1) is 5.41 Å². The Labute approximate surface area is 91.4 Å². The fourth-order valence-electron chi connectivity index (χ4n) is 3.36. The number of carbonyl (C=O) groups is 1. The van der Waals surface area contributed by atoms with E-state index in [4.69, 9.17) is 10.5 Å². The molecule has 0 aromatic carbocycles.